The summed E-state index contributed by atoms with van der Waals surface area (Å²) < 4.78 is 0. The highest BCUT2D eigenvalue weighted by atomic mass is 16.2. The number of likely N-dealkylation sites (tertiary alicyclic amines) is 1. The van der Waals surface area contributed by atoms with Crippen LogP contribution in [-0.2, 0) is 4.79 Å². The molecule has 0 spiro atoms. The number of carbonyl (C=O) groups excluding carboxylic acids is 1. The second kappa shape index (κ2) is 6.11. The van der Waals surface area contributed by atoms with Gasteiger partial charge in [-0.2, -0.15) is 0 Å². The molecule has 0 bridgehead atoms. The number of nitrogens with one attached hydrogen (secondary N) is 1. The smallest absolute Gasteiger partial charge is 0.236 e. The van der Waals surface area contributed by atoms with E-state index in [9.17, 15) is 4.79 Å². The predicted octanol–water partition coefficient (Wildman–Crippen LogP) is 1.49. The van der Waals surface area contributed by atoms with E-state index in [0.717, 1.165) is 38.4 Å². The van der Waals surface area contributed by atoms with E-state index in [1.807, 2.05) is 4.90 Å². The number of amides is 1. The van der Waals surface area contributed by atoms with Crippen LogP contribution in [0, 0.1) is 11.8 Å². The molecule has 1 fully saturated rings. The van der Waals surface area contributed by atoms with Gasteiger partial charge in [0, 0.05) is 13.1 Å². The van der Waals surface area contributed by atoms with Gasteiger partial charge in [-0.15, -0.1) is 0 Å². The number of piperidine rings is 1. The molecule has 88 valence electrons. The predicted molar refractivity (Wildman–Crippen MR) is 62.7 cm³/mol. The Hall–Kier alpha value is -0.570. The Labute approximate surface area is 93.2 Å². The monoisotopic (exact) mass is 212 g/mol. The minimum atomic E-state index is 0.266. The molecule has 0 aromatic rings. The molecular formula is C12H24N2O. The van der Waals surface area contributed by atoms with Crippen molar-refractivity contribution in [3.63, 3.8) is 0 Å². The maximum atomic E-state index is 11.7. The SMILES string of the molecule is CC(C)CNCC(=O)N1CCC(C)CC1. The molecule has 1 N–H and O–H groups in total. The molecule has 3 heteroatoms. The van der Waals surface area contributed by atoms with Crippen LogP contribution in [0.1, 0.15) is 33.6 Å². The molecule has 0 aliphatic carbocycles. The van der Waals surface area contributed by atoms with E-state index >= 15 is 0 Å². The van der Waals surface area contributed by atoms with Crippen LogP contribution in [0.25, 0.3) is 0 Å². The summed E-state index contributed by atoms with van der Waals surface area (Å²) in [4.78, 5) is 13.7. The molecule has 15 heavy (non-hydrogen) atoms. The molecule has 1 amide bonds. The van der Waals surface area contributed by atoms with Gasteiger partial charge in [-0.25, -0.2) is 0 Å². The zero-order chi connectivity index (χ0) is 11.3. The standard InChI is InChI=1S/C12H24N2O/c1-10(2)8-13-9-12(15)14-6-4-11(3)5-7-14/h10-11,13H,4-9H2,1-3H3. The van der Waals surface area contributed by atoms with Crippen LogP contribution in [0.4, 0.5) is 0 Å². The highest BCUT2D eigenvalue weighted by Crippen LogP contribution is 2.15. The summed E-state index contributed by atoms with van der Waals surface area (Å²) in [5.41, 5.74) is 0. The third kappa shape index (κ3) is 4.65. The third-order valence-electron chi connectivity index (χ3n) is 2.97. The van der Waals surface area contributed by atoms with E-state index in [1.165, 1.54) is 0 Å². The summed E-state index contributed by atoms with van der Waals surface area (Å²) in [5.74, 6) is 1.67. The molecule has 0 atom stereocenters. The molecule has 0 saturated carbocycles. The second-order valence-corrected chi connectivity index (χ2v) is 5.09. The van der Waals surface area contributed by atoms with E-state index in [-0.39, 0.29) is 5.91 Å². The Morgan fingerprint density at radius 2 is 2.00 bits per heavy atom. The summed E-state index contributed by atoms with van der Waals surface area (Å²) in [7, 11) is 0. The van der Waals surface area contributed by atoms with E-state index < -0.39 is 0 Å². The van der Waals surface area contributed by atoms with Crippen molar-refractivity contribution in [3.8, 4) is 0 Å². The first-order valence-electron chi connectivity index (χ1n) is 6.08. The van der Waals surface area contributed by atoms with Gasteiger partial charge in [0.25, 0.3) is 0 Å². The summed E-state index contributed by atoms with van der Waals surface area (Å²) >= 11 is 0. The van der Waals surface area contributed by atoms with Gasteiger partial charge < -0.3 is 10.2 Å². The first-order chi connectivity index (χ1) is 7.09. The normalized spacial score (nSPS) is 18.5. The van der Waals surface area contributed by atoms with Crippen LogP contribution in [-0.4, -0.2) is 37.0 Å². The Morgan fingerprint density at radius 3 is 2.53 bits per heavy atom. The highest BCUT2D eigenvalue weighted by molar-refractivity contribution is 5.78. The van der Waals surface area contributed by atoms with Crippen molar-refractivity contribution in [3.05, 3.63) is 0 Å². The zero-order valence-corrected chi connectivity index (χ0v) is 10.3. The summed E-state index contributed by atoms with van der Waals surface area (Å²) in [6.45, 7) is 9.90. The van der Waals surface area contributed by atoms with Crippen molar-refractivity contribution in [2.75, 3.05) is 26.2 Å². The molecule has 1 aliphatic rings. The maximum Gasteiger partial charge on any atom is 0.236 e. The molecule has 1 rings (SSSR count). The van der Waals surface area contributed by atoms with Gasteiger partial charge in [0.1, 0.15) is 0 Å². The lowest BCUT2D eigenvalue weighted by Gasteiger charge is -2.30. The van der Waals surface area contributed by atoms with Crippen LogP contribution in [0.5, 0.6) is 0 Å². The number of hydrogen-bond donors (Lipinski definition) is 1. The van der Waals surface area contributed by atoms with E-state index in [2.05, 4.69) is 26.1 Å². The van der Waals surface area contributed by atoms with Crippen LogP contribution in [0.2, 0.25) is 0 Å². The van der Waals surface area contributed by atoms with Crippen molar-refractivity contribution in [1.82, 2.24) is 10.2 Å². The molecule has 1 heterocycles. The minimum Gasteiger partial charge on any atom is -0.342 e. The topological polar surface area (TPSA) is 32.3 Å². The van der Waals surface area contributed by atoms with Gasteiger partial charge in [0.05, 0.1) is 6.54 Å². The average molecular weight is 212 g/mol. The zero-order valence-electron chi connectivity index (χ0n) is 10.3. The van der Waals surface area contributed by atoms with Crippen molar-refractivity contribution in [1.29, 1.82) is 0 Å². The van der Waals surface area contributed by atoms with Crippen LogP contribution in [0.15, 0.2) is 0 Å². The largest absolute Gasteiger partial charge is 0.342 e. The van der Waals surface area contributed by atoms with Crippen molar-refractivity contribution >= 4 is 5.91 Å². The van der Waals surface area contributed by atoms with Crippen molar-refractivity contribution in [2.24, 2.45) is 11.8 Å². The van der Waals surface area contributed by atoms with Gasteiger partial charge in [0.15, 0.2) is 0 Å². The lowest BCUT2D eigenvalue weighted by Crippen LogP contribution is -2.43. The Balaban J connectivity index is 2.17. The van der Waals surface area contributed by atoms with E-state index in [0.29, 0.717) is 12.5 Å². The summed E-state index contributed by atoms with van der Waals surface area (Å²) in [6.07, 6.45) is 2.33. The molecule has 0 radical (unpaired) electrons. The minimum absolute atomic E-state index is 0.266. The average Bonchev–Trinajstić information content (AvgIpc) is 2.18. The molecule has 1 aliphatic heterocycles. The summed E-state index contributed by atoms with van der Waals surface area (Å²) in [5, 5.41) is 3.20. The molecular weight excluding hydrogens is 188 g/mol. The van der Waals surface area contributed by atoms with E-state index in [1.54, 1.807) is 0 Å². The molecule has 0 aromatic heterocycles. The van der Waals surface area contributed by atoms with Gasteiger partial charge in [-0.3, -0.25) is 4.79 Å². The van der Waals surface area contributed by atoms with Crippen LogP contribution < -0.4 is 5.32 Å². The van der Waals surface area contributed by atoms with Crippen LogP contribution >= 0.6 is 0 Å². The number of carbonyl (C=O) groups is 1. The van der Waals surface area contributed by atoms with E-state index in [4.69, 9.17) is 0 Å². The number of hydrogen-bond acceptors (Lipinski definition) is 2. The van der Waals surface area contributed by atoms with Gasteiger partial charge in [-0.05, 0) is 31.2 Å². The fourth-order valence-electron chi connectivity index (χ4n) is 1.84. The first kappa shape index (κ1) is 12.5. The molecule has 0 unspecified atom stereocenters. The first-order valence-corrected chi connectivity index (χ1v) is 6.08. The highest BCUT2D eigenvalue weighted by Gasteiger charge is 2.19. The lowest BCUT2D eigenvalue weighted by atomic mass is 9.99. The quantitative estimate of drug-likeness (QED) is 0.766. The Kier molecular flexibility index (Phi) is 5.09. The fraction of sp³-hybridized carbons (Fsp3) is 0.917. The van der Waals surface area contributed by atoms with Crippen molar-refractivity contribution in [2.45, 2.75) is 33.6 Å². The maximum absolute atomic E-state index is 11.7. The molecule has 1 saturated heterocycles. The third-order valence-corrected chi connectivity index (χ3v) is 2.97. The van der Waals surface area contributed by atoms with Gasteiger partial charge in [-0.1, -0.05) is 20.8 Å². The van der Waals surface area contributed by atoms with Crippen molar-refractivity contribution < 1.29 is 4.79 Å². The number of rotatable bonds is 4. The van der Waals surface area contributed by atoms with Crippen LogP contribution in [0.3, 0.4) is 0 Å². The molecule has 0 aromatic carbocycles. The summed E-state index contributed by atoms with van der Waals surface area (Å²) in [6, 6.07) is 0. The van der Waals surface area contributed by atoms with Gasteiger partial charge >= 0.3 is 0 Å². The fourth-order valence-corrected chi connectivity index (χ4v) is 1.84. The Morgan fingerprint density at radius 1 is 1.40 bits per heavy atom. The second-order valence-electron chi connectivity index (χ2n) is 5.09. The van der Waals surface area contributed by atoms with Gasteiger partial charge in [0.2, 0.25) is 5.91 Å². The molecule has 3 nitrogen and oxygen atoms in total. The lowest BCUT2D eigenvalue weighted by molar-refractivity contribution is -0.131. The Bertz CT molecular complexity index is 196. The number of nitrogens with zero attached hydrogens (tertiary/aromatic N) is 1.